The number of aromatic nitrogens is 1. The second kappa shape index (κ2) is 5.58. The van der Waals surface area contributed by atoms with E-state index in [4.69, 9.17) is 0 Å². The molecule has 0 atom stereocenters. The summed E-state index contributed by atoms with van der Waals surface area (Å²) < 4.78 is 28.8. The van der Waals surface area contributed by atoms with Crippen molar-refractivity contribution in [2.75, 3.05) is 4.72 Å². The summed E-state index contributed by atoms with van der Waals surface area (Å²) in [5, 5.41) is 2.27. The zero-order valence-corrected chi connectivity index (χ0v) is 14.5. The first kappa shape index (κ1) is 15.1. The minimum Gasteiger partial charge on any atom is -0.255 e. The first-order chi connectivity index (χ1) is 11.5. The Bertz CT molecular complexity index is 1160. The van der Waals surface area contributed by atoms with Crippen molar-refractivity contribution in [1.29, 1.82) is 0 Å². The van der Waals surface area contributed by atoms with Gasteiger partial charge in [-0.25, -0.2) is 13.4 Å². The average Bonchev–Trinajstić information content (AvgIpc) is 2.94. The second-order valence-electron chi connectivity index (χ2n) is 5.60. The predicted octanol–water partition coefficient (Wildman–Crippen LogP) is 4.56. The highest BCUT2D eigenvalue weighted by molar-refractivity contribution is 7.93. The first-order valence-corrected chi connectivity index (χ1v) is 9.70. The maximum absolute atomic E-state index is 12.6. The summed E-state index contributed by atoms with van der Waals surface area (Å²) in [6, 6.07) is 18.6. The Hall–Kier alpha value is -2.44. The molecule has 0 unspecified atom stereocenters. The summed E-state index contributed by atoms with van der Waals surface area (Å²) in [7, 11) is -3.66. The van der Waals surface area contributed by atoms with E-state index >= 15 is 0 Å². The zero-order chi connectivity index (χ0) is 16.7. The van der Waals surface area contributed by atoms with E-state index in [1.165, 1.54) is 11.3 Å². The molecule has 1 aromatic heterocycles. The lowest BCUT2D eigenvalue weighted by Gasteiger charge is -2.06. The summed E-state index contributed by atoms with van der Waals surface area (Å²) in [6.07, 6.45) is 0. The van der Waals surface area contributed by atoms with E-state index < -0.39 is 10.0 Å². The number of rotatable bonds is 3. The molecule has 0 fully saturated rings. The van der Waals surface area contributed by atoms with Gasteiger partial charge in [0.1, 0.15) is 0 Å². The van der Waals surface area contributed by atoms with Crippen LogP contribution in [0.3, 0.4) is 0 Å². The Morgan fingerprint density at radius 2 is 1.75 bits per heavy atom. The van der Waals surface area contributed by atoms with Gasteiger partial charge in [-0.3, -0.25) is 4.72 Å². The number of benzene rings is 3. The topological polar surface area (TPSA) is 59.1 Å². The number of nitrogens with zero attached hydrogens (tertiary/aromatic N) is 1. The van der Waals surface area contributed by atoms with Crippen LogP contribution in [0, 0.1) is 6.92 Å². The number of thiazole rings is 1. The van der Waals surface area contributed by atoms with Crippen molar-refractivity contribution in [1.82, 2.24) is 4.98 Å². The molecule has 120 valence electrons. The Morgan fingerprint density at radius 3 is 2.58 bits per heavy atom. The van der Waals surface area contributed by atoms with E-state index in [-0.39, 0.29) is 4.90 Å². The molecule has 0 amide bonds. The van der Waals surface area contributed by atoms with Crippen molar-refractivity contribution >= 4 is 47.5 Å². The largest absolute Gasteiger partial charge is 0.263 e. The Labute approximate surface area is 143 Å². The molecule has 0 saturated carbocycles. The summed E-state index contributed by atoms with van der Waals surface area (Å²) >= 11 is 1.34. The van der Waals surface area contributed by atoms with E-state index in [1.807, 2.05) is 55.5 Å². The van der Waals surface area contributed by atoms with Gasteiger partial charge >= 0.3 is 0 Å². The van der Waals surface area contributed by atoms with Gasteiger partial charge in [0.05, 0.1) is 15.1 Å². The highest BCUT2D eigenvalue weighted by Crippen LogP contribution is 2.29. The van der Waals surface area contributed by atoms with Crippen LogP contribution in [0.25, 0.3) is 21.0 Å². The minimum absolute atomic E-state index is 0.233. The molecule has 0 radical (unpaired) electrons. The van der Waals surface area contributed by atoms with Gasteiger partial charge in [-0.1, -0.05) is 47.7 Å². The molecule has 4 rings (SSSR count). The zero-order valence-electron chi connectivity index (χ0n) is 12.9. The normalized spacial score (nSPS) is 11.9. The van der Waals surface area contributed by atoms with Crippen LogP contribution < -0.4 is 4.72 Å². The van der Waals surface area contributed by atoms with E-state index in [2.05, 4.69) is 9.71 Å². The molecule has 24 heavy (non-hydrogen) atoms. The maximum Gasteiger partial charge on any atom is 0.263 e. The van der Waals surface area contributed by atoms with Crippen LogP contribution >= 0.6 is 11.3 Å². The Kier molecular flexibility index (Phi) is 3.51. The first-order valence-electron chi connectivity index (χ1n) is 7.40. The molecule has 0 aliphatic heterocycles. The lowest BCUT2D eigenvalue weighted by Crippen LogP contribution is -2.12. The highest BCUT2D eigenvalue weighted by Gasteiger charge is 2.17. The van der Waals surface area contributed by atoms with Gasteiger partial charge in [0, 0.05) is 0 Å². The fraction of sp³-hybridized carbons (Fsp3) is 0.0556. The van der Waals surface area contributed by atoms with Crippen LogP contribution in [0.1, 0.15) is 5.56 Å². The summed E-state index contributed by atoms with van der Waals surface area (Å²) in [4.78, 5) is 4.59. The number of nitrogens with one attached hydrogen (secondary N) is 1. The standard InChI is InChI=1S/C18H14N2O2S2/c1-12-6-9-16-17(10-12)23-18(19-16)20-24(21,22)15-8-7-13-4-2-3-5-14(13)11-15/h2-11H,1H3,(H,19,20). The highest BCUT2D eigenvalue weighted by atomic mass is 32.2. The second-order valence-corrected chi connectivity index (χ2v) is 8.32. The predicted molar refractivity (Wildman–Crippen MR) is 99.1 cm³/mol. The van der Waals surface area contributed by atoms with Gasteiger partial charge in [0.25, 0.3) is 10.0 Å². The summed E-state index contributed by atoms with van der Waals surface area (Å²) in [5.41, 5.74) is 1.91. The Balaban J connectivity index is 1.72. The van der Waals surface area contributed by atoms with Crippen LogP contribution in [0.5, 0.6) is 0 Å². The molecule has 4 nitrogen and oxygen atoms in total. The van der Waals surface area contributed by atoms with Crippen LogP contribution in [-0.2, 0) is 10.0 Å². The van der Waals surface area contributed by atoms with Crippen molar-refractivity contribution < 1.29 is 8.42 Å². The molecular formula is C18H14N2O2S2. The fourth-order valence-corrected chi connectivity index (χ4v) is 4.82. The number of hydrogen-bond donors (Lipinski definition) is 1. The summed E-state index contributed by atoms with van der Waals surface area (Å²) in [5.74, 6) is 0. The number of anilines is 1. The van der Waals surface area contributed by atoms with Crippen LogP contribution in [0.15, 0.2) is 65.6 Å². The van der Waals surface area contributed by atoms with Crippen molar-refractivity contribution in [2.24, 2.45) is 0 Å². The third-order valence-corrected chi connectivity index (χ3v) is 6.20. The SMILES string of the molecule is Cc1ccc2nc(NS(=O)(=O)c3ccc4ccccc4c3)sc2c1. The van der Waals surface area contributed by atoms with Gasteiger partial charge in [0.2, 0.25) is 0 Å². The maximum atomic E-state index is 12.6. The van der Waals surface area contributed by atoms with Gasteiger partial charge < -0.3 is 0 Å². The van der Waals surface area contributed by atoms with E-state index in [1.54, 1.807) is 12.1 Å². The van der Waals surface area contributed by atoms with Crippen LogP contribution in [-0.4, -0.2) is 13.4 Å². The quantitative estimate of drug-likeness (QED) is 0.587. The third kappa shape index (κ3) is 2.74. The Morgan fingerprint density at radius 1 is 0.958 bits per heavy atom. The van der Waals surface area contributed by atoms with Gasteiger partial charge in [0.15, 0.2) is 5.13 Å². The van der Waals surface area contributed by atoms with E-state index in [0.29, 0.717) is 5.13 Å². The van der Waals surface area contributed by atoms with Gasteiger partial charge in [-0.05, 0) is 47.5 Å². The summed E-state index contributed by atoms with van der Waals surface area (Å²) in [6.45, 7) is 2.00. The smallest absolute Gasteiger partial charge is 0.255 e. The van der Waals surface area contributed by atoms with Gasteiger partial charge in [-0.15, -0.1) is 0 Å². The molecular weight excluding hydrogens is 340 g/mol. The molecule has 6 heteroatoms. The number of fused-ring (bicyclic) bond motifs is 2. The van der Waals surface area contributed by atoms with Crippen molar-refractivity contribution in [3.8, 4) is 0 Å². The molecule has 0 aliphatic carbocycles. The fourth-order valence-electron chi connectivity index (χ4n) is 2.58. The lowest BCUT2D eigenvalue weighted by molar-refractivity contribution is 0.601. The van der Waals surface area contributed by atoms with Crippen molar-refractivity contribution in [2.45, 2.75) is 11.8 Å². The van der Waals surface area contributed by atoms with Crippen molar-refractivity contribution in [3.05, 3.63) is 66.2 Å². The van der Waals surface area contributed by atoms with E-state index in [0.717, 1.165) is 26.6 Å². The third-order valence-electron chi connectivity index (χ3n) is 3.80. The molecule has 0 bridgehead atoms. The monoisotopic (exact) mass is 354 g/mol. The molecule has 4 aromatic rings. The molecule has 0 saturated heterocycles. The van der Waals surface area contributed by atoms with Crippen LogP contribution in [0.2, 0.25) is 0 Å². The molecule has 1 heterocycles. The van der Waals surface area contributed by atoms with E-state index in [9.17, 15) is 8.42 Å². The number of aryl methyl sites for hydroxylation is 1. The van der Waals surface area contributed by atoms with Crippen molar-refractivity contribution in [3.63, 3.8) is 0 Å². The minimum atomic E-state index is -3.66. The average molecular weight is 354 g/mol. The number of sulfonamides is 1. The lowest BCUT2D eigenvalue weighted by atomic mass is 10.1. The number of hydrogen-bond acceptors (Lipinski definition) is 4. The van der Waals surface area contributed by atoms with Gasteiger partial charge in [-0.2, -0.15) is 0 Å². The molecule has 0 aliphatic rings. The van der Waals surface area contributed by atoms with Crippen LogP contribution in [0.4, 0.5) is 5.13 Å². The molecule has 3 aromatic carbocycles. The molecule has 1 N–H and O–H groups in total. The molecule has 0 spiro atoms.